The van der Waals surface area contributed by atoms with Crippen LogP contribution in [0.5, 0.6) is 0 Å². The van der Waals surface area contributed by atoms with Gasteiger partial charge in [0.2, 0.25) is 0 Å². The molecular weight excluding hydrogens is 242 g/mol. The topological polar surface area (TPSA) is 32.3 Å². The van der Waals surface area contributed by atoms with Crippen LogP contribution in [-0.2, 0) is 0 Å². The minimum absolute atomic E-state index is 0.299. The summed E-state index contributed by atoms with van der Waals surface area (Å²) in [6.07, 6.45) is 6.17. The summed E-state index contributed by atoms with van der Waals surface area (Å²) >= 11 is 1.65. The first-order valence-electron chi connectivity index (χ1n) is 7.21. The van der Waals surface area contributed by atoms with Gasteiger partial charge in [-0.25, -0.2) is 0 Å². The first-order valence-corrected chi connectivity index (χ1v) is 8.09. The Morgan fingerprint density at radius 3 is 2.50 bits per heavy atom. The van der Waals surface area contributed by atoms with E-state index < -0.39 is 0 Å². The van der Waals surface area contributed by atoms with Crippen LogP contribution in [0.3, 0.4) is 0 Å². The van der Waals surface area contributed by atoms with E-state index in [1.807, 2.05) is 17.5 Å². The van der Waals surface area contributed by atoms with Gasteiger partial charge in [-0.1, -0.05) is 6.07 Å². The molecule has 3 heteroatoms. The van der Waals surface area contributed by atoms with Crippen molar-refractivity contribution in [3.63, 3.8) is 0 Å². The molecule has 1 aromatic rings. The average Bonchev–Trinajstić information content (AvgIpc) is 3.26. The zero-order chi connectivity index (χ0) is 12.5. The van der Waals surface area contributed by atoms with E-state index in [0.717, 1.165) is 29.2 Å². The molecule has 0 bridgehead atoms. The summed E-state index contributed by atoms with van der Waals surface area (Å²) in [5.74, 6) is 1.86. The predicted octanol–water partition coefficient (Wildman–Crippen LogP) is 3.34. The summed E-state index contributed by atoms with van der Waals surface area (Å²) in [5, 5.41) is 16.0. The molecule has 2 nitrogen and oxygen atoms in total. The summed E-state index contributed by atoms with van der Waals surface area (Å²) in [6.45, 7) is 2.22. The van der Waals surface area contributed by atoms with Crippen molar-refractivity contribution in [1.29, 1.82) is 0 Å². The van der Waals surface area contributed by atoms with Crippen LogP contribution in [0.15, 0.2) is 17.5 Å². The molecule has 2 fully saturated rings. The highest BCUT2D eigenvalue weighted by atomic mass is 32.1. The average molecular weight is 265 g/mol. The molecule has 0 saturated heterocycles. The lowest BCUT2D eigenvalue weighted by Gasteiger charge is -2.24. The lowest BCUT2D eigenvalue weighted by Crippen LogP contribution is -2.40. The standard InChI is InChI=1S/C15H23NOS/c1-10(9-13(17)14-3-2-8-18-14)16-15(11-4-5-11)12-6-7-12/h2-3,8,10-13,15-17H,4-7,9H2,1H3. The van der Waals surface area contributed by atoms with Crippen molar-refractivity contribution in [2.45, 2.75) is 57.2 Å². The Bertz CT molecular complexity index is 358. The zero-order valence-electron chi connectivity index (χ0n) is 11.0. The molecule has 2 atom stereocenters. The van der Waals surface area contributed by atoms with Crippen LogP contribution in [0.25, 0.3) is 0 Å². The molecule has 1 aromatic heterocycles. The molecule has 0 radical (unpaired) electrons. The van der Waals surface area contributed by atoms with Crippen LogP contribution < -0.4 is 5.32 Å². The fourth-order valence-corrected chi connectivity index (χ4v) is 3.62. The quantitative estimate of drug-likeness (QED) is 0.792. The van der Waals surface area contributed by atoms with E-state index in [-0.39, 0.29) is 6.10 Å². The van der Waals surface area contributed by atoms with Crippen molar-refractivity contribution >= 4 is 11.3 Å². The second-order valence-electron chi connectivity index (χ2n) is 6.04. The van der Waals surface area contributed by atoms with Crippen LogP contribution in [0.4, 0.5) is 0 Å². The number of aliphatic hydroxyl groups excluding tert-OH is 1. The molecule has 2 aliphatic carbocycles. The molecule has 2 saturated carbocycles. The van der Waals surface area contributed by atoms with Gasteiger partial charge in [-0.2, -0.15) is 0 Å². The van der Waals surface area contributed by atoms with E-state index in [2.05, 4.69) is 12.2 Å². The molecule has 2 unspecified atom stereocenters. The number of hydrogen-bond acceptors (Lipinski definition) is 3. The molecule has 0 spiro atoms. The van der Waals surface area contributed by atoms with Gasteiger partial charge in [0, 0.05) is 17.0 Å². The Morgan fingerprint density at radius 2 is 2.00 bits per heavy atom. The molecule has 0 aromatic carbocycles. The van der Waals surface area contributed by atoms with Crippen LogP contribution in [0.2, 0.25) is 0 Å². The first kappa shape index (κ1) is 12.6. The maximum absolute atomic E-state index is 10.2. The van der Waals surface area contributed by atoms with Crippen molar-refractivity contribution in [2.24, 2.45) is 11.8 Å². The third kappa shape index (κ3) is 3.14. The maximum atomic E-state index is 10.2. The number of nitrogens with one attached hydrogen (secondary N) is 1. The maximum Gasteiger partial charge on any atom is 0.0896 e. The van der Waals surface area contributed by atoms with Gasteiger partial charge in [-0.15, -0.1) is 11.3 Å². The third-order valence-corrected chi connectivity index (χ3v) is 5.16. The second-order valence-corrected chi connectivity index (χ2v) is 7.01. The molecule has 2 N–H and O–H groups in total. The molecule has 3 rings (SSSR count). The fourth-order valence-electron chi connectivity index (χ4n) is 2.90. The highest BCUT2D eigenvalue weighted by Crippen LogP contribution is 2.44. The third-order valence-electron chi connectivity index (χ3n) is 4.19. The van der Waals surface area contributed by atoms with Crippen molar-refractivity contribution in [3.8, 4) is 0 Å². The van der Waals surface area contributed by atoms with E-state index in [1.54, 1.807) is 11.3 Å². The number of aliphatic hydroxyl groups is 1. The van der Waals surface area contributed by atoms with Gasteiger partial charge in [0.1, 0.15) is 0 Å². The summed E-state index contributed by atoms with van der Waals surface area (Å²) in [5.41, 5.74) is 0. The molecule has 100 valence electrons. The minimum Gasteiger partial charge on any atom is -0.388 e. The van der Waals surface area contributed by atoms with Crippen LogP contribution in [0.1, 0.15) is 50.0 Å². The molecule has 0 amide bonds. The number of thiophene rings is 1. The van der Waals surface area contributed by atoms with Crippen LogP contribution >= 0.6 is 11.3 Å². The Kier molecular flexibility index (Phi) is 3.73. The van der Waals surface area contributed by atoms with Crippen molar-refractivity contribution in [3.05, 3.63) is 22.4 Å². The van der Waals surface area contributed by atoms with Gasteiger partial charge >= 0.3 is 0 Å². The normalized spacial score (nSPS) is 23.3. The molecule has 0 aliphatic heterocycles. The smallest absolute Gasteiger partial charge is 0.0896 e. The predicted molar refractivity (Wildman–Crippen MR) is 75.7 cm³/mol. The largest absolute Gasteiger partial charge is 0.388 e. The Balaban J connectivity index is 1.49. The second kappa shape index (κ2) is 5.32. The van der Waals surface area contributed by atoms with Crippen LogP contribution in [0, 0.1) is 11.8 Å². The molecular formula is C15H23NOS. The Morgan fingerprint density at radius 1 is 1.33 bits per heavy atom. The van der Waals surface area contributed by atoms with Gasteiger partial charge in [-0.3, -0.25) is 0 Å². The van der Waals surface area contributed by atoms with E-state index in [0.29, 0.717) is 6.04 Å². The van der Waals surface area contributed by atoms with Gasteiger partial charge < -0.3 is 10.4 Å². The molecule has 2 aliphatic rings. The van der Waals surface area contributed by atoms with E-state index >= 15 is 0 Å². The summed E-state index contributed by atoms with van der Waals surface area (Å²) < 4.78 is 0. The van der Waals surface area contributed by atoms with Crippen molar-refractivity contribution in [2.75, 3.05) is 0 Å². The van der Waals surface area contributed by atoms with Gasteiger partial charge in [-0.05, 0) is 62.3 Å². The summed E-state index contributed by atoms with van der Waals surface area (Å²) in [6, 6.07) is 5.18. The van der Waals surface area contributed by atoms with Gasteiger partial charge in [0.25, 0.3) is 0 Å². The SMILES string of the molecule is CC(CC(O)c1cccs1)NC(C1CC1)C1CC1. The highest BCUT2D eigenvalue weighted by molar-refractivity contribution is 7.10. The molecule has 18 heavy (non-hydrogen) atoms. The highest BCUT2D eigenvalue weighted by Gasteiger charge is 2.41. The van der Waals surface area contributed by atoms with E-state index in [9.17, 15) is 5.11 Å². The summed E-state index contributed by atoms with van der Waals surface area (Å²) in [4.78, 5) is 1.10. The summed E-state index contributed by atoms with van der Waals surface area (Å²) in [7, 11) is 0. The lowest BCUT2D eigenvalue weighted by atomic mass is 10.0. The number of hydrogen-bond donors (Lipinski definition) is 2. The van der Waals surface area contributed by atoms with Crippen LogP contribution in [-0.4, -0.2) is 17.2 Å². The van der Waals surface area contributed by atoms with Crippen molar-refractivity contribution in [1.82, 2.24) is 5.32 Å². The molecule has 1 heterocycles. The fraction of sp³-hybridized carbons (Fsp3) is 0.733. The van der Waals surface area contributed by atoms with Gasteiger partial charge in [0.15, 0.2) is 0 Å². The van der Waals surface area contributed by atoms with E-state index in [1.165, 1.54) is 25.7 Å². The minimum atomic E-state index is -0.299. The van der Waals surface area contributed by atoms with Gasteiger partial charge in [0.05, 0.1) is 6.10 Å². The monoisotopic (exact) mass is 265 g/mol. The Labute approximate surface area is 113 Å². The lowest BCUT2D eigenvalue weighted by molar-refractivity contribution is 0.152. The number of rotatable bonds is 7. The van der Waals surface area contributed by atoms with E-state index in [4.69, 9.17) is 0 Å². The van der Waals surface area contributed by atoms with Crippen molar-refractivity contribution < 1.29 is 5.11 Å². The Hall–Kier alpha value is -0.380. The zero-order valence-corrected chi connectivity index (χ0v) is 11.8. The first-order chi connectivity index (χ1) is 8.74.